The van der Waals surface area contributed by atoms with E-state index >= 15 is 0 Å². The number of halogens is 1. The average Bonchev–Trinajstić information content (AvgIpc) is 2.74. The number of aliphatic hydroxyl groups excluding tert-OH is 1. The SMILES string of the molecule is C=N/C(C(=O)N[C@@H](C)C(=O)O[C@H](C)[C@H](C)c1ccc(F)cc1OC)=C(O)\C(=C/C)OC. The quantitative estimate of drug-likeness (QED) is 0.191. The van der Waals surface area contributed by atoms with Crippen molar-refractivity contribution in [2.24, 2.45) is 4.99 Å². The van der Waals surface area contributed by atoms with Crippen LogP contribution in [0.1, 0.15) is 39.2 Å². The smallest absolute Gasteiger partial charge is 0.328 e. The van der Waals surface area contributed by atoms with Gasteiger partial charge in [-0.05, 0) is 39.6 Å². The number of methoxy groups -OCH3 is 2. The molecule has 31 heavy (non-hydrogen) atoms. The van der Waals surface area contributed by atoms with Crippen LogP contribution in [-0.2, 0) is 19.1 Å². The largest absolute Gasteiger partial charge is 0.503 e. The number of ether oxygens (including phenoxy) is 3. The number of allylic oxidation sites excluding steroid dienone is 1. The summed E-state index contributed by atoms with van der Waals surface area (Å²) in [6.07, 6.45) is 0.841. The molecule has 0 saturated carbocycles. The molecule has 1 aromatic carbocycles. The van der Waals surface area contributed by atoms with E-state index in [2.05, 4.69) is 17.0 Å². The van der Waals surface area contributed by atoms with Crippen molar-refractivity contribution in [2.45, 2.75) is 45.8 Å². The standard InChI is InChI=1S/C22H29FN2O6/c1-8-17(29-6)20(26)19(24-5)21(27)25-13(3)22(28)31-14(4)12(2)16-10-9-15(23)11-18(16)30-7/h8-14,26H,5H2,1-4,6-7H3,(H,25,27)/b17-8+,20-19+/t12-,13-,14+/m0/s1. The Balaban J connectivity index is 2.89. The van der Waals surface area contributed by atoms with Gasteiger partial charge in [0.15, 0.2) is 17.2 Å². The van der Waals surface area contributed by atoms with Crippen molar-refractivity contribution in [1.82, 2.24) is 5.32 Å². The predicted octanol–water partition coefficient (Wildman–Crippen LogP) is 3.39. The van der Waals surface area contributed by atoms with Gasteiger partial charge < -0.3 is 24.6 Å². The van der Waals surface area contributed by atoms with Crippen LogP contribution in [0.4, 0.5) is 4.39 Å². The molecule has 0 aliphatic carbocycles. The Bertz CT molecular complexity index is 881. The fourth-order valence-corrected chi connectivity index (χ4v) is 2.75. The van der Waals surface area contributed by atoms with Gasteiger partial charge in [-0.1, -0.05) is 13.0 Å². The summed E-state index contributed by atoms with van der Waals surface area (Å²) in [5.41, 5.74) is 0.275. The van der Waals surface area contributed by atoms with E-state index < -0.39 is 41.3 Å². The molecule has 0 aromatic heterocycles. The molecule has 2 N–H and O–H groups in total. The van der Waals surface area contributed by atoms with Crippen LogP contribution in [0.2, 0.25) is 0 Å². The van der Waals surface area contributed by atoms with Gasteiger partial charge in [-0.25, -0.2) is 9.18 Å². The third-order valence-electron chi connectivity index (χ3n) is 4.71. The Morgan fingerprint density at radius 2 is 1.90 bits per heavy atom. The Morgan fingerprint density at radius 3 is 2.42 bits per heavy atom. The minimum atomic E-state index is -1.04. The maximum atomic E-state index is 13.4. The first kappa shape index (κ1) is 25.7. The summed E-state index contributed by atoms with van der Waals surface area (Å²) in [5.74, 6) is -2.41. The molecule has 8 nitrogen and oxygen atoms in total. The number of rotatable bonds is 10. The van der Waals surface area contributed by atoms with Crippen molar-refractivity contribution in [3.8, 4) is 5.75 Å². The van der Waals surface area contributed by atoms with E-state index in [4.69, 9.17) is 14.2 Å². The van der Waals surface area contributed by atoms with Gasteiger partial charge in [-0.2, -0.15) is 0 Å². The summed E-state index contributed by atoms with van der Waals surface area (Å²) in [4.78, 5) is 28.4. The molecule has 0 fully saturated rings. The van der Waals surface area contributed by atoms with Crippen molar-refractivity contribution in [3.05, 3.63) is 52.9 Å². The molecule has 1 rings (SSSR count). The Labute approximate surface area is 181 Å². The number of hydrogen-bond acceptors (Lipinski definition) is 7. The number of esters is 1. The van der Waals surface area contributed by atoms with E-state index in [0.717, 1.165) is 0 Å². The van der Waals surface area contributed by atoms with Crippen LogP contribution in [0, 0.1) is 5.82 Å². The highest BCUT2D eigenvalue weighted by Crippen LogP contribution is 2.30. The van der Waals surface area contributed by atoms with Crippen LogP contribution in [0.15, 0.2) is 46.5 Å². The van der Waals surface area contributed by atoms with Crippen LogP contribution in [-0.4, -0.2) is 50.1 Å². The first-order valence-electron chi connectivity index (χ1n) is 9.56. The molecule has 0 aliphatic rings. The molecule has 0 saturated heterocycles. The number of benzene rings is 1. The number of hydrogen-bond donors (Lipinski definition) is 2. The molecular weight excluding hydrogens is 407 g/mol. The molecule has 1 amide bonds. The third kappa shape index (κ3) is 6.56. The van der Waals surface area contributed by atoms with Crippen molar-refractivity contribution in [2.75, 3.05) is 14.2 Å². The van der Waals surface area contributed by atoms with Crippen LogP contribution < -0.4 is 10.1 Å². The average molecular weight is 436 g/mol. The van der Waals surface area contributed by atoms with Gasteiger partial charge in [0.1, 0.15) is 23.7 Å². The monoisotopic (exact) mass is 436 g/mol. The Kier molecular flexibility index (Phi) is 9.72. The second kappa shape index (κ2) is 11.7. The molecule has 1 aromatic rings. The number of amides is 1. The molecule has 0 radical (unpaired) electrons. The van der Waals surface area contributed by atoms with E-state index in [1.807, 2.05) is 0 Å². The van der Waals surface area contributed by atoms with E-state index in [0.29, 0.717) is 11.3 Å². The van der Waals surface area contributed by atoms with Gasteiger partial charge in [0.05, 0.1) is 14.2 Å². The molecule has 3 atom stereocenters. The van der Waals surface area contributed by atoms with Gasteiger partial charge in [0, 0.05) is 17.5 Å². The van der Waals surface area contributed by atoms with E-state index in [9.17, 15) is 19.1 Å². The normalized spacial score (nSPS) is 15.1. The molecule has 170 valence electrons. The third-order valence-corrected chi connectivity index (χ3v) is 4.71. The van der Waals surface area contributed by atoms with Crippen LogP contribution in [0.5, 0.6) is 5.75 Å². The topological polar surface area (TPSA) is 106 Å². The summed E-state index contributed by atoms with van der Waals surface area (Å²) in [6.45, 7) is 9.79. The number of aliphatic imine (C=N–C) groups is 1. The molecular formula is C22H29FN2O6. The maximum Gasteiger partial charge on any atom is 0.328 e. The first-order chi connectivity index (χ1) is 14.6. The van der Waals surface area contributed by atoms with Crippen molar-refractivity contribution < 1.29 is 33.3 Å². The highest BCUT2D eigenvalue weighted by atomic mass is 19.1. The second-order valence-electron chi connectivity index (χ2n) is 6.72. The summed E-state index contributed by atoms with van der Waals surface area (Å²) < 4.78 is 29.0. The summed E-state index contributed by atoms with van der Waals surface area (Å²) >= 11 is 0. The maximum absolute atomic E-state index is 13.4. The van der Waals surface area contributed by atoms with Gasteiger partial charge in [-0.15, -0.1) is 0 Å². The number of carbonyl (C=O) groups excluding carboxylic acids is 2. The van der Waals surface area contributed by atoms with Crippen molar-refractivity contribution in [3.63, 3.8) is 0 Å². The summed E-state index contributed by atoms with van der Waals surface area (Å²) in [7, 11) is 2.75. The summed E-state index contributed by atoms with van der Waals surface area (Å²) in [6, 6.07) is 3.08. The van der Waals surface area contributed by atoms with Crippen LogP contribution in [0.25, 0.3) is 0 Å². The van der Waals surface area contributed by atoms with Crippen LogP contribution >= 0.6 is 0 Å². The first-order valence-corrected chi connectivity index (χ1v) is 9.56. The van der Waals surface area contributed by atoms with E-state index in [1.165, 1.54) is 39.4 Å². The number of carbonyl (C=O) groups is 2. The number of nitrogens with one attached hydrogen (secondary N) is 1. The lowest BCUT2D eigenvalue weighted by molar-refractivity contribution is -0.152. The molecule has 0 heterocycles. The number of nitrogens with zero attached hydrogens (tertiary/aromatic N) is 1. The molecule has 0 spiro atoms. The highest BCUT2D eigenvalue weighted by molar-refractivity contribution is 5.97. The molecule has 0 unspecified atom stereocenters. The fourth-order valence-electron chi connectivity index (χ4n) is 2.75. The minimum absolute atomic E-state index is 0.0310. The second-order valence-corrected chi connectivity index (χ2v) is 6.72. The predicted molar refractivity (Wildman–Crippen MR) is 114 cm³/mol. The number of aliphatic hydroxyl groups is 1. The van der Waals surface area contributed by atoms with E-state index in [-0.39, 0.29) is 11.7 Å². The lowest BCUT2D eigenvalue weighted by atomic mass is 9.95. The Hall–Kier alpha value is -3.36. The lowest BCUT2D eigenvalue weighted by Gasteiger charge is -2.24. The fraction of sp³-hybridized carbons (Fsp3) is 0.409. The zero-order valence-electron chi connectivity index (χ0n) is 18.6. The van der Waals surface area contributed by atoms with Gasteiger partial charge in [0.25, 0.3) is 5.91 Å². The van der Waals surface area contributed by atoms with E-state index in [1.54, 1.807) is 26.8 Å². The molecule has 0 aliphatic heterocycles. The highest BCUT2D eigenvalue weighted by Gasteiger charge is 2.27. The summed E-state index contributed by atoms with van der Waals surface area (Å²) in [5, 5.41) is 12.5. The van der Waals surface area contributed by atoms with Gasteiger partial charge >= 0.3 is 5.97 Å². The Morgan fingerprint density at radius 1 is 1.26 bits per heavy atom. The molecule has 0 bridgehead atoms. The zero-order valence-corrected chi connectivity index (χ0v) is 18.6. The van der Waals surface area contributed by atoms with Gasteiger partial charge in [0.2, 0.25) is 0 Å². The van der Waals surface area contributed by atoms with Gasteiger partial charge in [-0.3, -0.25) is 9.79 Å². The van der Waals surface area contributed by atoms with Crippen LogP contribution in [0.3, 0.4) is 0 Å². The lowest BCUT2D eigenvalue weighted by Crippen LogP contribution is -2.41. The molecule has 9 heteroatoms. The van der Waals surface area contributed by atoms with Crippen molar-refractivity contribution in [1.29, 1.82) is 0 Å². The van der Waals surface area contributed by atoms with Crippen molar-refractivity contribution >= 4 is 18.6 Å². The zero-order chi connectivity index (χ0) is 23.7. The minimum Gasteiger partial charge on any atom is -0.503 e.